The predicted octanol–water partition coefficient (Wildman–Crippen LogP) is 2.55. The molecular weight excluding hydrogens is 170 g/mol. The maximum Gasteiger partial charge on any atom is 0.0129 e. The fourth-order valence-corrected chi connectivity index (χ4v) is 5.87. The van der Waals surface area contributed by atoms with Gasteiger partial charge in [0.1, 0.15) is 0 Å². The molecule has 0 aromatic heterocycles. The van der Waals surface area contributed by atoms with E-state index in [-0.39, 0.29) is 0 Å². The van der Waals surface area contributed by atoms with Crippen LogP contribution in [0.25, 0.3) is 0 Å². The highest BCUT2D eigenvalue weighted by molar-refractivity contribution is 5.16. The van der Waals surface area contributed by atoms with Crippen LogP contribution in [0.3, 0.4) is 0 Å². The van der Waals surface area contributed by atoms with E-state index in [1.807, 2.05) is 0 Å². The molecule has 14 heavy (non-hydrogen) atoms. The second-order valence-corrected chi connectivity index (χ2v) is 6.49. The lowest BCUT2D eigenvalue weighted by Gasteiger charge is -2.46. The van der Waals surface area contributed by atoms with Gasteiger partial charge in [0, 0.05) is 6.04 Å². The van der Waals surface area contributed by atoms with Gasteiger partial charge in [0.2, 0.25) is 0 Å². The highest BCUT2D eigenvalue weighted by Gasteiger charge is 2.64. The van der Waals surface area contributed by atoms with Crippen LogP contribution < -0.4 is 5.73 Å². The zero-order chi connectivity index (χ0) is 9.34. The molecule has 4 bridgehead atoms. The van der Waals surface area contributed by atoms with Gasteiger partial charge >= 0.3 is 0 Å². The van der Waals surface area contributed by atoms with Gasteiger partial charge in [-0.3, -0.25) is 0 Å². The summed E-state index contributed by atoms with van der Waals surface area (Å²) < 4.78 is 0. The van der Waals surface area contributed by atoms with Gasteiger partial charge in [-0.2, -0.15) is 0 Å². The summed E-state index contributed by atoms with van der Waals surface area (Å²) in [6.45, 7) is 0. The van der Waals surface area contributed by atoms with E-state index in [0.717, 1.165) is 23.7 Å². The van der Waals surface area contributed by atoms with Gasteiger partial charge in [0.05, 0.1) is 0 Å². The van der Waals surface area contributed by atoms with E-state index in [4.69, 9.17) is 5.73 Å². The zero-order valence-electron chi connectivity index (χ0n) is 8.91. The molecule has 6 unspecified atom stereocenters. The van der Waals surface area contributed by atoms with Gasteiger partial charge < -0.3 is 5.73 Å². The Bertz CT molecular complexity index is 263. The van der Waals surface area contributed by atoms with Gasteiger partial charge in [0.15, 0.2) is 0 Å². The summed E-state index contributed by atoms with van der Waals surface area (Å²) in [6.07, 6.45) is 10.5. The Morgan fingerprint density at radius 3 is 2.29 bits per heavy atom. The van der Waals surface area contributed by atoms with Crippen LogP contribution in [0.1, 0.15) is 44.9 Å². The molecule has 2 N–H and O–H groups in total. The van der Waals surface area contributed by atoms with Crippen molar-refractivity contribution < 1.29 is 0 Å². The first-order valence-corrected chi connectivity index (χ1v) is 6.56. The van der Waals surface area contributed by atoms with Crippen LogP contribution in [0.2, 0.25) is 0 Å². The minimum Gasteiger partial charge on any atom is -0.327 e. The molecule has 1 heteroatoms. The SMILES string of the molecule is NC1C2CCC(C2)C12CC1CCC2C1. The highest BCUT2D eigenvalue weighted by atomic mass is 14.8. The minimum absolute atomic E-state index is 0.594. The fraction of sp³-hybridized carbons (Fsp3) is 1.00. The first kappa shape index (κ1) is 8.15. The van der Waals surface area contributed by atoms with E-state index in [9.17, 15) is 0 Å². The zero-order valence-corrected chi connectivity index (χ0v) is 8.91. The van der Waals surface area contributed by atoms with Crippen LogP contribution in [0.4, 0.5) is 0 Å². The molecule has 4 saturated carbocycles. The molecule has 4 fully saturated rings. The lowest BCUT2D eigenvalue weighted by atomic mass is 9.61. The third kappa shape index (κ3) is 0.711. The van der Waals surface area contributed by atoms with Gasteiger partial charge in [-0.05, 0) is 67.6 Å². The summed E-state index contributed by atoms with van der Waals surface area (Å²) in [5.41, 5.74) is 7.21. The Labute approximate surface area is 86.4 Å². The second kappa shape index (κ2) is 2.37. The van der Waals surface area contributed by atoms with Crippen molar-refractivity contribution in [1.82, 2.24) is 0 Å². The average Bonchev–Trinajstić information content (AvgIpc) is 2.91. The lowest BCUT2D eigenvalue weighted by Crippen LogP contribution is -2.49. The quantitative estimate of drug-likeness (QED) is 0.625. The number of hydrogen-bond acceptors (Lipinski definition) is 1. The molecule has 1 spiro atoms. The maximum absolute atomic E-state index is 6.55. The first-order chi connectivity index (χ1) is 6.80. The molecular formula is C13H21N. The van der Waals surface area contributed by atoms with Crippen LogP contribution in [0, 0.1) is 29.1 Å². The number of fused-ring (bicyclic) bond motifs is 6. The van der Waals surface area contributed by atoms with Crippen LogP contribution in [0.5, 0.6) is 0 Å². The van der Waals surface area contributed by atoms with Crippen molar-refractivity contribution in [1.29, 1.82) is 0 Å². The molecule has 0 aromatic carbocycles. The van der Waals surface area contributed by atoms with E-state index < -0.39 is 0 Å². The van der Waals surface area contributed by atoms with Crippen LogP contribution in [-0.4, -0.2) is 6.04 Å². The summed E-state index contributed by atoms with van der Waals surface area (Å²) in [6, 6.07) is 0.594. The van der Waals surface area contributed by atoms with Crippen molar-refractivity contribution in [3.63, 3.8) is 0 Å². The Balaban J connectivity index is 1.76. The van der Waals surface area contributed by atoms with Gasteiger partial charge in [-0.1, -0.05) is 6.42 Å². The van der Waals surface area contributed by atoms with E-state index in [1.165, 1.54) is 44.9 Å². The fourth-order valence-electron chi connectivity index (χ4n) is 5.87. The van der Waals surface area contributed by atoms with E-state index in [0.29, 0.717) is 11.5 Å². The van der Waals surface area contributed by atoms with Crippen LogP contribution in [-0.2, 0) is 0 Å². The van der Waals surface area contributed by atoms with Crippen molar-refractivity contribution in [2.45, 2.75) is 51.0 Å². The van der Waals surface area contributed by atoms with E-state index in [1.54, 1.807) is 0 Å². The van der Waals surface area contributed by atoms with Crippen molar-refractivity contribution in [3.8, 4) is 0 Å². The largest absolute Gasteiger partial charge is 0.327 e. The normalized spacial score (nSPS) is 64.5. The molecule has 0 radical (unpaired) electrons. The van der Waals surface area contributed by atoms with Crippen molar-refractivity contribution in [2.75, 3.05) is 0 Å². The molecule has 0 saturated heterocycles. The summed E-state index contributed by atoms with van der Waals surface area (Å²) in [5, 5.41) is 0. The Kier molecular flexibility index (Phi) is 1.38. The van der Waals surface area contributed by atoms with Crippen molar-refractivity contribution >= 4 is 0 Å². The molecule has 6 atom stereocenters. The first-order valence-electron chi connectivity index (χ1n) is 6.56. The highest BCUT2D eigenvalue weighted by Crippen LogP contribution is 2.69. The molecule has 1 nitrogen and oxygen atoms in total. The second-order valence-electron chi connectivity index (χ2n) is 6.49. The topological polar surface area (TPSA) is 26.0 Å². The Morgan fingerprint density at radius 1 is 0.929 bits per heavy atom. The third-order valence-electron chi connectivity index (χ3n) is 6.31. The molecule has 0 amide bonds. The van der Waals surface area contributed by atoms with Crippen molar-refractivity contribution in [3.05, 3.63) is 0 Å². The monoisotopic (exact) mass is 191 g/mol. The molecule has 4 aliphatic carbocycles. The standard InChI is InChI=1S/C13H21N/c14-12-9-2-4-11(6-9)13(12)7-8-1-3-10(13)5-8/h8-12H,1-7,14H2. The average molecular weight is 191 g/mol. The Morgan fingerprint density at radius 2 is 1.71 bits per heavy atom. The summed E-state index contributed by atoms with van der Waals surface area (Å²) in [4.78, 5) is 0. The molecule has 78 valence electrons. The third-order valence-corrected chi connectivity index (χ3v) is 6.31. The minimum atomic E-state index is 0.594. The maximum atomic E-state index is 6.55. The molecule has 0 aromatic rings. The molecule has 4 aliphatic rings. The van der Waals surface area contributed by atoms with Crippen LogP contribution in [0.15, 0.2) is 0 Å². The number of hydrogen-bond donors (Lipinski definition) is 1. The van der Waals surface area contributed by atoms with Gasteiger partial charge in [-0.25, -0.2) is 0 Å². The predicted molar refractivity (Wildman–Crippen MR) is 56.7 cm³/mol. The number of rotatable bonds is 0. The Hall–Kier alpha value is -0.0400. The summed E-state index contributed by atoms with van der Waals surface area (Å²) >= 11 is 0. The summed E-state index contributed by atoms with van der Waals surface area (Å²) in [5.74, 6) is 4.07. The molecule has 4 rings (SSSR count). The van der Waals surface area contributed by atoms with Gasteiger partial charge in [-0.15, -0.1) is 0 Å². The molecule has 0 heterocycles. The van der Waals surface area contributed by atoms with Crippen molar-refractivity contribution in [2.24, 2.45) is 34.8 Å². The lowest BCUT2D eigenvalue weighted by molar-refractivity contribution is 0.0574. The van der Waals surface area contributed by atoms with Crippen LogP contribution >= 0.6 is 0 Å². The van der Waals surface area contributed by atoms with E-state index >= 15 is 0 Å². The number of nitrogens with two attached hydrogens (primary N) is 1. The van der Waals surface area contributed by atoms with E-state index in [2.05, 4.69) is 0 Å². The summed E-state index contributed by atoms with van der Waals surface area (Å²) in [7, 11) is 0. The van der Waals surface area contributed by atoms with Gasteiger partial charge in [0.25, 0.3) is 0 Å². The molecule has 0 aliphatic heterocycles. The smallest absolute Gasteiger partial charge is 0.0129 e.